The Balaban J connectivity index is 1.46. The minimum absolute atomic E-state index is 0.0255. The van der Waals surface area contributed by atoms with E-state index in [-0.39, 0.29) is 29.6 Å². The first-order chi connectivity index (χ1) is 12.2. The number of nitrogens with zero attached hydrogens (tertiary/aromatic N) is 2. The standard InChI is InChI=1S/C17H26N4O3S2/c1-26(23,24)20-17-5-12-2-13(6-17)4-16(3-12,10-17)19-8-15(22)21-11-25-9-14(21)7-18/h12-14,19-20H,2-6,8-11H2,1H3/t12?,13?,14-,16?,17?/m0/s1. The normalized spacial score (nSPS) is 41.4. The summed E-state index contributed by atoms with van der Waals surface area (Å²) in [5, 5.41) is 12.7. The fourth-order valence-corrected chi connectivity index (χ4v) is 8.27. The molecule has 0 aromatic carbocycles. The van der Waals surface area contributed by atoms with E-state index in [1.165, 1.54) is 12.7 Å². The number of sulfonamides is 1. The summed E-state index contributed by atoms with van der Waals surface area (Å²) >= 11 is 1.61. The molecule has 2 unspecified atom stereocenters. The number of nitrogens with one attached hydrogen (secondary N) is 2. The van der Waals surface area contributed by atoms with Gasteiger partial charge in [0, 0.05) is 16.8 Å². The quantitative estimate of drug-likeness (QED) is 0.705. The molecule has 144 valence electrons. The Labute approximate surface area is 159 Å². The molecule has 26 heavy (non-hydrogen) atoms. The first-order valence-corrected chi connectivity index (χ1v) is 12.3. The smallest absolute Gasteiger partial charge is 0.238 e. The van der Waals surface area contributed by atoms with E-state index in [2.05, 4.69) is 16.1 Å². The van der Waals surface area contributed by atoms with Gasteiger partial charge in [0.25, 0.3) is 0 Å². The van der Waals surface area contributed by atoms with Crippen LogP contribution < -0.4 is 10.0 Å². The van der Waals surface area contributed by atoms with Gasteiger partial charge in [0.2, 0.25) is 15.9 Å². The van der Waals surface area contributed by atoms with Gasteiger partial charge in [-0.15, -0.1) is 11.8 Å². The van der Waals surface area contributed by atoms with Crippen LogP contribution in [-0.2, 0) is 14.8 Å². The van der Waals surface area contributed by atoms with Gasteiger partial charge in [-0.3, -0.25) is 4.79 Å². The first-order valence-electron chi connectivity index (χ1n) is 9.22. The third kappa shape index (κ3) is 3.49. The maximum Gasteiger partial charge on any atom is 0.238 e. The summed E-state index contributed by atoms with van der Waals surface area (Å²) < 4.78 is 26.7. The van der Waals surface area contributed by atoms with Crippen LogP contribution in [0.5, 0.6) is 0 Å². The highest BCUT2D eigenvalue weighted by Crippen LogP contribution is 2.57. The maximum absolute atomic E-state index is 12.6. The van der Waals surface area contributed by atoms with Crippen LogP contribution in [0.4, 0.5) is 0 Å². The molecule has 1 aliphatic heterocycles. The zero-order valence-corrected chi connectivity index (χ0v) is 16.7. The van der Waals surface area contributed by atoms with E-state index < -0.39 is 10.0 Å². The van der Waals surface area contributed by atoms with E-state index in [4.69, 9.17) is 0 Å². The second-order valence-electron chi connectivity index (χ2n) is 8.76. The lowest BCUT2D eigenvalue weighted by Crippen LogP contribution is -2.69. The lowest BCUT2D eigenvalue weighted by Gasteiger charge is -2.62. The minimum Gasteiger partial charge on any atom is -0.315 e. The van der Waals surface area contributed by atoms with Crippen molar-refractivity contribution in [3.63, 3.8) is 0 Å². The fourth-order valence-electron chi connectivity index (χ4n) is 6.14. The summed E-state index contributed by atoms with van der Waals surface area (Å²) in [6.07, 6.45) is 7.01. The Morgan fingerprint density at radius 3 is 2.54 bits per heavy atom. The number of thioether (sulfide) groups is 1. The van der Waals surface area contributed by atoms with Crippen molar-refractivity contribution < 1.29 is 13.2 Å². The second-order valence-corrected chi connectivity index (χ2v) is 11.5. The van der Waals surface area contributed by atoms with Crippen molar-refractivity contribution >= 4 is 27.7 Å². The van der Waals surface area contributed by atoms with Gasteiger partial charge in [0.05, 0.1) is 24.7 Å². The summed E-state index contributed by atoms with van der Waals surface area (Å²) in [5.74, 6) is 2.27. The fraction of sp³-hybridized carbons (Fsp3) is 0.882. The average molecular weight is 399 g/mol. The molecule has 1 heterocycles. The van der Waals surface area contributed by atoms with Crippen LogP contribution in [0.3, 0.4) is 0 Å². The van der Waals surface area contributed by atoms with E-state index in [1.807, 2.05) is 0 Å². The Morgan fingerprint density at radius 1 is 1.27 bits per heavy atom. The third-order valence-corrected chi connectivity index (χ3v) is 8.25. The SMILES string of the molecule is CS(=O)(=O)NC12CC3CC(CC(NCC(=O)N4CSC[C@@H]4C#N)(C3)C1)C2. The average Bonchev–Trinajstić information content (AvgIpc) is 2.97. The molecule has 0 spiro atoms. The number of rotatable bonds is 5. The molecule has 5 aliphatic rings. The van der Waals surface area contributed by atoms with Gasteiger partial charge in [-0.05, 0) is 50.4 Å². The summed E-state index contributed by atoms with van der Waals surface area (Å²) in [6, 6.07) is 1.87. The van der Waals surface area contributed by atoms with E-state index in [0.717, 1.165) is 32.1 Å². The monoisotopic (exact) mass is 398 g/mol. The van der Waals surface area contributed by atoms with Crippen LogP contribution in [0.25, 0.3) is 0 Å². The van der Waals surface area contributed by atoms with Crippen molar-refractivity contribution in [3.8, 4) is 6.07 Å². The van der Waals surface area contributed by atoms with Crippen molar-refractivity contribution in [1.29, 1.82) is 5.26 Å². The highest BCUT2D eigenvalue weighted by molar-refractivity contribution is 7.99. The highest BCUT2D eigenvalue weighted by Gasteiger charge is 2.58. The molecule has 2 N–H and O–H groups in total. The zero-order valence-electron chi connectivity index (χ0n) is 15.0. The second kappa shape index (κ2) is 6.36. The Bertz CT molecular complexity index is 734. The molecular weight excluding hydrogens is 372 g/mol. The van der Waals surface area contributed by atoms with E-state index in [1.54, 1.807) is 16.7 Å². The maximum atomic E-state index is 12.6. The molecule has 1 saturated heterocycles. The number of hydrogen-bond donors (Lipinski definition) is 2. The van der Waals surface area contributed by atoms with E-state index in [9.17, 15) is 18.5 Å². The van der Waals surface area contributed by atoms with Gasteiger partial charge in [0.15, 0.2) is 0 Å². The van der Waals surface area contributed by atoms with Crippen molar-refractivity contribution in [1.82, 2.24) is 14.9 Å². The lowest BCUT2D eigenvalue weighted by atomic mass is 9.50. The molecule has 4 bridgehead atoms. The number of amides is 1. The van der Waals surface area contributed by atoms with Crippen LogP contribution in [-0.4, -0.2) is 60.8 Å². The summed E-state index contributed by atoms with van der Waals surface area (Å²) in [5.41, 5.74) is -0.515. The molecule has 9 heteroatoms. The number of carbonyl (C=O) groups excluding carboxylic acids is 1. The largest absolute Gasteiger partial charge is 0.315 e. The zero-order chi connectivity index (χ0) is 18.6. The Kier molecular flexibility index (Phi) is 4.54. The van der Waals surface area contributed by atoms with Crippen LogP contribution in [0.15, 0.2) is 0 Å². The molecule has 5 rings (SSSR count). The molecule has 0 radical (unpaired) electrons. The molecule has 5 fully saturated rings. The minimum atomic E-state index is -3.26. The molecule has 4 aliphatic carbocycles. The Morgan fingerprint density at radius 2 is 1.92 bits per heavy atom. The van der Waals surface area contributed by atoms with Gasteiger partial charge in [-0.1, -0.05) is 0 Å². The van der Waals surface area contributed by atoms with Crippen molar-refractivity contribution in [2.24, 2.45) is 11.8 Å². The van der Waals surface area contributed by atoms with Gasteiger partial charge >= 0.3 is 0 Å². The predicted molar refractivity (Wildman–Crippen MR) is 99.7 cm³/mol. The first kappa shape index (κ1) is 18.5. The lowest BCUT2D eigenvalue weighted by molar-refractivity contribution is -0.131. The number of hydrogen-bond acceptors (Lipinski definition) is 6. The Hall–Kier alpha value is -0.820. The van der Waals surface area contributed by atoms with E-state index >= 15 is 0 Å². The predicted octanol–water partition coefficient (Wildman–Crippen LogP) is 0.642. The van der Waals surface area contributed by atoms with Crippen molar-refractivity contribution in [2.75, 3.05) is 24.4 Å². The van der Waals surface area contributed by atoms with Gasteiger partial charge in [0.1, 0.15) is 6.04 Å². The molecule has 0 aromatic heterocycles. The van der Waals surface area contributed by atoms with Crippen LogP contribution in [0, 0.1) is 23.2 Å². The van der Waals surface area contributed by atoms with Crippen molar-refractivity contribution in [3.05, 3.63) is 0 Å². The molecule has 4 saturated carbocycles. The topological polar surface area (TPSA) is 102 Å². The highest BCUT2D eigenvalue weighted by atomic mass is 32.2. The number of nitriles is 1. The summed E-state index contributed by atoms with van der Waals surface area (Å²) in [4.78, 5) is 14.3. The molecule has 3 atom stereocenters. The third-order valence-electron chi connectivity index (χ3n) is 6.43. The van der Waals surface area contributed by atoms with Crippen molar-refractivity contribution in [2.45, 2.75) is 55.6 Å². The summed E-state index contributed by atoms with van der Waals surface area (Å²) in [7, 11) is -3.26. The summed E-state index contributed by atoms with van der Waals surface area (Å²) in [6.45, 7) is 0.229. The van der Waals surface area contributed by atoms with Gasteiger partial charge < -0.3 is 10.2 Å². The number of carbonyl (C=O) groups is 1. The molecule has 1 amide bonds. The molecule has 0 aromatic rings. The van der Waals surface area contributed by atoms with Gasteiger partial charge in [-0.25, -0.2) is 13.1 Å². The molecular formula is C17H26N4O3S2. The van der Waals surface area contributed by atoms with E-state index in [0.29, 0.717) is 23.5 Å². The van der Waals surface area contributed by atoms with Crippen LogP contribution >= 0.6 is 11.8 Å². The molecule has 7 nitrogen and oxygen atoms in total. The van der Waals surface area contributed by atoms with Gasteiger partial charge in [-0.2, -0.15) is 5.26 Å². The van der Waals surface area contributed by atoms with Crippen LogP contribution in [0.1, 0.15) is 38.5 Å². The van der Waals surface area contributed by atoms with Crippen LogP contribution in [0.2, 0.25) is 0 Å².